The third kappa shape index (κ3) is 3.42. The lowest BCUT2D eigenvalue weighted by Crippen LogP contribution is -2.31. The maximum Gasteiger partial charge on any atom is 0.129 e. The Morgan fingerprint density at radius 2 is 1.94 bits per heavy atom. The van der Waals surface area contributed by atoms with Crippen molar-refractivity contribution in [1.29, 1.82) is 0 Å². The summed E-state index contributed by atoms with van der Waals surface area (Å²) in [6.07, 6.45) is -0.752. The fraction of sp³-hybridized carbons (Fsp3) is 0.455. The highest BCUT2D eigenvalue weighted by atomic mass is 79.9. The number of nitrogens with two attached hydrogens (primary N) is 1. The van der Waals surface area contributed by atoms with Gasteiger partial charge >= 0.3 is 0 Å². The highest BCUT2D eigenvalue weighted by Gasteiger charge is 2.24. The fourth-order valence-electron chi connectivity index (χ4n) is 1.41. The van der Waals surface area contributed by atoms with E-state index in [0.717, 1.165) is 0 Å². The molecule has 1 aromatic carbocycles. The molecule has 1 aromatic rings. The van der Waals surface area contributed by atoms with Gasteiger partial charge in [0.1, 0.15) is 5.82 Å². The van der Waals surface area contributed by atoms with E-state index in [1.54, 1.807) is 12.1 Å². The first-order valence-electron chi connectivity index (χ1n) is 4.82. The van der Waals surface area contributed by atoms with Gasteiger partial charge in [-0.3, -0.25) is 0 Å². The van der Waals surface area contributed by atoms with Crippen LogP contribution in [0.25, 0.3) is 0 Å². The van der Waals surface area contributed by atoms with Gasteiger partial charge in [0.15, 0.2) is 0 Å². The first kappa shape index (κ1) is 15.8. The maximum atomic E-state index is 13.5. The third-order valence-corrected chi connectivity index (χ3v) is 3.08. The van der Waals surface area contributed by atoms with E-state index >= 15 is 0 Å². The summed E-state index contributed by atoms with van der Waals surface area (Å²) < 4.78 is 14.1. The van der Waals surface area contributed by atoms with Crippen LogP contribution in [0.1, 0.15) is 25.5 Å². The van der Waals surface area contributed by atoms with Crippen LogP contribution in [-0.2, 0) is 0 Å². The molecule has 5 heteroatoms. The first-order chi connectivity index (χ1) is 6.95. The van der Waals surface area contributed by atoms with Gasteiger partial charge in [0, 0.05) is 10.0 Å². The lowest BCUT2D eigenvalue weighted by Gasteiger charge is -2.23. The van der Waals surface area contributed by atoms with Crippen LogP contribution in [0, 0.1) is 11.7 Å². The quantitative estimate of drug-likeness (QED) is 0.901. The number of hydrogen-bond acceptors (Lipinski definition) is 2. The van der Waals surface area contributed by atoms with Crippen molar-refractivity contribution in [2.75, 3.05) is 0 Å². The van der Waals surface area contributed by atoms with Gasteiger partial charge < -0.3 is 10.8 Å². The van der Waals surface area contributed by atoms with E-state index in [1.165, 1.54) is 6.07 Å². The molecule has 0 amide bonds. The van der Waals surface area contributed by atoms with Crippen LogP contribution >= 0.6 is 28.3 Å². The van der Waals surface area contributed by atoms with Crippen molar-refractivity contribution in [3.63, 3.8) is 0 Å². The number of hydrogen-bond donors (Lipinski definition) is 2. The van der Waals surface area contributed by atoms with E-state index in [2.05, 4.69) is 15.9 Å². The molecule has 0 spiro atoms. The van der Waals surface area contributed by atoms with Gasteiger partial charge in [-0.15, -0.1) is 12.4 Å². The molecule has 0 heterocycles. The van der Waals surface area contributed by atoms with Gasteiger partial charge in [-0.25, -0.2) is 4.39 Å². The number of aliphatic hydroxyl groups is 1. The molecular weight excluding hydrogens is 296 g/mol. The molecule has 0 aliphatic rings. The minimum Gasteiger partial charge on any atom is -0.391 e. The average molecular weight is 313 g/mol. The number of halogens is 3. The number of rotatable bonds is 3. The molecule has 0 bridgehead atoms. The van der Waals surface area contributed by atoms with Gasteiger partial charge in [-0.2, -0.15) is 0 Å². The predicted molar refractivity (Wildman–Crippen MR) is 69.1 cm³/mol. The second-order valence-electron chi connectivity index (χ2n) is 3.90. The Labute approximate surface area is 110 Å². The predicted octanol–water partition coefficient (Wildman–Crippen LogP) is 3.03. The molecule has 1 rings (SSSR count). The van der Waals surface area contributed by atoms with E-state index < -0.39 is 18.0 Å². The van der Waals surface area contributed by atoms with E-state index in [9.17, 15) is 9.50 Å². The summed E-state index contributed by atoms with van der Waals surface area (Å²) in [4.78, 5) is 0. The zero-order valence-electron chi connectivity index (χ0n) is 9.15. The lowest BCUT2D eigenvalue weighted by atomic mass is 9.94. The Balaban J connectivity index is 0.00000225. The van der Waals surface area contributed by atoms with Crippen LogP contribution in [0.3, 0.4) is 0 Å². The van der Waals surface area contributed by atoms with Crippen LogP contribution in [0.15, 0.2) is 22.7 Å². The molecule has 0 unspecified atom stereocenters. The van der Waals surface area contributed by atoms with Crippen molar-refractivity contribution in [2.24, 2.45) is 11.7 Å². The Kier molecular flexibility index (Phi) is 6.48. The van der Waals surface area contributed by atoms with Gasteiger partial charge in [-0.05, 0) is 18.1 Å². The van der Waals surface area contributed by atoms with Crippen molar-refractivity contribution in [2.45, 2.75) is 26.0 Å². The summed E-state index contributed by atoms with van der Waals surface area (Å²) in [6, 6.07) is 3.94. The monoisotopic (exact) mass is 311 g/mol. The van der Waals surface area contributed by atoms with E-state index in [4.69, 9.17) is 5.73 Å². The molecule has 0 saturated heterocycles. The average Bonchev–Trinajstić information content (AvgIpc) is 2.15. The Morgan fingerprint density at radius 3 is 2.38 bits per heavy atom. The molecule has 0 radical (unpaired) electrons. The lowest BCUT2D eigenvalue weighted by molar-refractivity contribution is 0.0964. The van der Waals surface area contributed by atoms with Crippen LogP contribution in [0.5, 0.6) is 0 Å². The SMILES string of the molecule is CC(C)[C@@H](O)[C@@H](N)c1c(F)cccc1Br.Cl. The van der Waals surface area contributed by atoms with Crippen molar-refractivity contribution in [1.82, 2.24) is 0 Å². The third-order valence-electron chi connectivity index (χ3n) is 2.38. The van der Waals surface area contributed by atoms with Crippen LogP contribution in [0.2, 0.25) is 0 Å². The highest BCUT2D eigenvalue weighted by molar-refractivity contribution is 9.10. The molecule has 92 valence electrons. The zero-order valence-corrected chi connectivity index (χ0v) is 11.6. The van der Waals surface area contributed by atoms with E-state index in [-0.39, 0.29) is 18.3 Å². The zero-order chi connectivity index (χ0) is 11.6. The van der Waals surface area contributed by atoms with Crippen molar-refractivity contribution >= 4 is 28.3 Å². The molecule has 2 atom stereocenters. The maximum absolute atomic E-state index is 13.5. The summed E-state index contributed by atoms with van der Waals surface area (Å²) in [5.74, 6) is -0.400. The largest absolute Gasteiger partial charge is 0.391 e. The number of benzene rings is 1. The molecule has 3 N–H and O–H groups in total. The van der Waals surface area contributed by atoms with Crippen LogP contribution in [0.4, 0.5) is 4.39 Å². The minimum atomic E-state index is -0.752. The molecule has 0 aliphatic carbocycles. The fourth-order valence-corrected chi connectivity index (χ4v) is 2.02. The summed E-state index contributed by atoms with van der Waals surface area (Å²) in [5.41, 5.74) is 6.15. The molecule has 0 fully saturated rings. The second-order valence-corrected chi connectivity index (χ2v) is 4.75. The van der Waals surface area contributed by atoms with Gasteiger partial charge in [0.2, 0.25) is 0 Å². The second kappa shape index (κ2) is 6.55. The van der Waals surface area contributed by atoms with Gasteiger partial charge in [-0.1, -0.05) is 35.8 Å². The minimum absolute atomic E-state index is 0. The van der Waals surface area contributed by atoms with E-state index in [1.807, 2.05) is 13.8 Å². The Hall–Kier alpha value is -0.160. The first-order valence-corrected chi connectivity index (χ1v) is 5.62. The highest BCUT2D eigenvalue weighted by Crippen LogP contribution is 2.28. The molecule has 0 saturated carbocycles. The summed E-state index contributed by atoms with van der Waals surface area (Å²) >= 11 is 3.23. The normalized spacial score (nSPS) is 14.4. The summed E-state index contributed by atoms with van der Waals surface area (Å²) in [7, 11) is 0. The van der Waals surface area contributed by atoms with Gasteiger partial charge in [0.25, 0.3) is 0 Å². The van der Waals surface area contributed by atoms with Crippen molar-refractivity contribution < 1.29 is 9.50 Å². The van der Waals surface area contributed by atoms with E-state index in [0.29, 0.717) is 10.0 Å². The van der Waals surface area contributed by atoms with Crippen LogP contribution in [-0.4, -0.2) is 11.2 Å². The Bertz CT molecular complexity index is 329. The molecule has 0 aromatic heterocycles. The smallest absolute Gasteiger partial charge is 0.129 e. The van der Waals surface area contributed by atoms with Crippen LogP contribution < -0.4 is 5.73 Å². The summed E-state index contributed by atoms with van der Waals surface area (Å²) in [6.45, 7) is 3.69. The molecule has 16 heavy (non-hydrogen) atoms. The topological polar surface area (TPSA) is 46.2 Å². The number of aliphatic hydroxyl groups excluding tert-OH is 1. The molecular formula is C11H16BrClFNO. The standard InChI is InChI=1S/C11H15BrFNO.ClH/c1-6(2)11(15)10(14)9-7(12)4-3-5-8(9)13;/h3-6,10-11,15H,14H2,1-2H3;1H/t10-,11+;/m0./s1. The Morgan fingerprint density at radius 1 is 1.38 bits per heavy atom. The van der Waals surface area contributed by atoms with Crippen molar-refractivity contribution in [3.8, 4) is 0 Å². The summed E-state index contributed by atoms with van der Waals surface area (Å²) in [5, 5.41) is 9.78. The van der Waals surface area contributed by atoms with Gasteiger partial charge in [0.05, 0.1) is 12.1 Å². The molecule has 0 aliphatic heterocycles. The van der Waals surface area contributed by atoms with Crippen molar-refractivity contribution in [3.05, 3.63) is 34.1 Å². The molecule has 2 nitrogen and oxygen atoms in total.